The number of aryl methyl sites for hydroxylation is 1. The SMILES string of the molecule is CCCCC1=CC([Si](C)(C)[Si](C)(C)C2C=Cc3c(-c4ccccc4C)cccc32)C=C1. The number of hydrogen-bond donors (Lipinski definition) is 0. The standard InChI is InChI=1S/C29H38Si2/c1-7-8-13-23-17-18-24(21-23)30(3,4)31(5,6)29-20-19-27-26(15-11-16-28(27)29)25-14-10-9-12-22(25)2/h9-12,14-21,24,29H,7-8,13H2,1-6H3. The highest BCUT2D eigenvalue weighted by atomic mass is 29.3. The second-order valence-corrected chi connectivity index (χ2v) is 26.5. The lowest BCUT2D eigenvalue weighted by Crippen LogP contribution is -2.60. The van der Waals surface area contributed by atoms with E-state index in [0.717, 1.165) is 0 Å². The monoisotopic (exact) mass is 442 g/mol. The molecular weight excluding hydrogens is 404 g/mol. The third-order valence-electron chi connectivity index (χ3n) is 8.37. The summed E-state index contributed by atoms with van der Waals surface area (Å²) in [5.41, 5.74) is 10.1. The molecule has 0 aromatic heterocycles. The molecule has 0 saturated heterocycles. The predicted octanol–water partition coefficient (Wildman–Crippen LogP) is 8.86. The average molecular weight is 443 g/mol. The van der Waals surface area contributed by atoms with E-state index < -0.39 is 15.2 Å². The van der Waals surface area contributed by atoms with Crippen LogP contribution in [0.4, 0.5) is 0 Å². The third-order valence-corrected chi connectivity index (χ3v) is 27.7. The van der Waals surface area contributed by atoms with E-state index >= 15 is 0 Å². The van der Waals surface area contributed by atoms with E-state index in [1.165, 1.54) is 41.5 Å². The van der Waals surface area contributed by atoms with Gasteiger partial charge >= 0.3 is 0 Å². The van der Waals surface area contributed by atoms with Crippen LogP contribution in [-0.2, 0) is 0 Å². The molecule has 0 fully saturated rings. The van der Waals surface area contributed by atoms with Crippen LogP contribution in [0.25, 0.3) is 17.2 Å². The van der Waals surface area contributed by atoms with Gasteiger partial charge in [0.2, 0.25) is 0 Å². The van der Waals surface area contributed by atoms with Gasteiger partial charge in [-0.2, -0.15) is 0 Å². The van der Waals surface area contributed by atoms with Crippen molar-refractivity contribution in [2.45, 2.75) is 70.4 Å². The molecule has 2 aromatic carbocycles. The molecule has 0 heterocycles. The van der Waals surface area contributed by atoms with Crippen LogP contribution in [0.15, 0.2) is 72.3 Å². The van der Waals surface area contributed by atoms with Crippen molar-refractivity contribution in [3.05, 3.63) is 89.0 Å². The normalized spacial score (nSPS) is 20.3. The summed E-state index contributed by atoms with van der Waals surface area (Å²) < 4.78 is 0. The fraction of sp³-hybridized carbons (Fsp3) is 0.379. The van der Waals surface area contributed by atoms with Gasteiger partial charge in [0.05, 0.1) is 15.2 Å². The van der Waals surface area contributed by atoms with Gasteiger partial charge < -0.3 is 0 Å². The quantitative estimate of drug-likeness (QED) is 0.375. The molecule has 2 aliphatic rings. The lowest BCUT2D eigenvalue weighted by Gasteiger charge is -2.45. The summed E-state index contributed by atoms with van der Waals surface area (Å²) in [6, 6.07) is 15.8. The first-order valence-corrected chi connectivity index (χ1v) is 19.2. The van der Waals surface area contributed by atoms with E-state index in [1.54, 1.807) is 11.1 Å². The molecule has 0 nitrogen and oxygen atoms in total. The van der Waals surface area contributed by atoms with Crippen LogP contribution < -0.4 is 0 Å². The Bertz CT molecular complexity index is 1050. The van der Waals surface area contributed by atoms with Gasteiger partial charge in [0, 0.05) is 0 Å². The van der Waals surface area contributed by atoms with Crippen molar-refractivity contribution < 1.29 is 0 Å². The molecule has 0 N–H and O–H groups in total. The largest absolute Gasteiger partial charge is 0.0803 e. The van der Waals surface area contributed by atoms with E-state index in [9.17, 15) is 0 Å². The minimum atomic E-state index is -1.56. The van der Waals surface area contributed by atoms with Crippen molar-refractivity contribution in [1.29, 1.82) is 0 Å². The Hall–Kier alpha value is -1.91. The maximum atomic E-state index is 2.68. The number of rotatable bonds is 7. The average Bonchev–Trinajstić information content (AvgIpc) is 3.40. The number of benzene rings is 2. The van der Waals surface area contributed by atoms with Gasteiger partial charge in [-0.3, -0.25) is 0 Å². The second-order valence-electron chi connectivity index (χ2n) is 10.6. The van der Waals surface area contributed by atoms with E-state index in [1.807, 2.05) is 0 Å². The number of unbranched alkanes of at least 4 members (excludes halogenated alkanes) is 1. The molecule has 2 aromatic rings. The first-order chi connectivity index (χ1) is 14.8. The van der Waals surface area contributed by atoms with Crippen molar-refractivity contribution >= 4 is 21.3 Å². The third kappa shape index (κ3) is 3.89. The van der Waals surface area contributed by atoms with Crippen LogP contribution in [0.5, 0.6) is 0 Å². The first kappa shape index (κ1) is 22.3. The Labute approximate surface area is 191 Å². The molecule has 162 valence electrons. The summed E-state index contributed by atoms with van der Waals surface area (Å²) in [5.74, 6) is 0. The molecule has 0 amide bonds. The van der Waals surface area contributed by atoms with E-state index in [-0.39, 0.29) is 0 Å². The highest BCUT2D eigenvalue weighted by Gasteiger charge is 2.50. The minimum Gasteiger partial charge on any atom is -0.0803 e. The molecule has 0 bridgehead atoms. The molecule has 2 unspecified atom stereocenters. The smallest absolute Gasteiger partial charge is 0.0548 e. The van der Waals surface area contributed by atoms with Crippen molar-refractivity contribution in [2.75, 3.05) is 0 Å². The van der Waals surface area contributed by atoms with E-state index in [0.29, 0.717) is 11.1 Å². The van der Waals surface area contributed by atoms with Gasteiger partial charge in [0.1, 0.15) is 0 Å². The van der Waals surface area contributed by atoms with Crippen LogP contribution in [-0.4, -0.2) is 15.2 Å². The van der Waals surface area contributed by atoms with Crippen LogP contribution in [0.1, 0.15) is 48.4 Å². The summed E-state index contributed by atoms with van der Waals surface area (Å²) in [6.07, 6.45) is 16.5. The highest BCUT2D eigenvalue weighted by molar-refractivity contribution is 7.42. The zero-order chi connectivity index (χ0) is 22.2. The predicted molar refractivity (Wildman–Crippen MR) is 144 cm³/mol. The molecule has 0 aliphatic heterocycles. The zero-order valence-electron chi connectivity index (χ0n) is 20.2. The molecule has 0 radical (unpaired) electrons. The lowest BCUT2D eigenvalue weighted by atomic mass is 9.94. The van der Waals surface area contributed by atoms with Gasteiger partial charge in [-0.25, -0.2) is 0 Å². The summed E-state index contributed by atoms with van der Waals surface area (Å²) in [7, 11) is -3.05. The van der Waals surface area contributed by atoms with Gasteiger partial charge in [-0.15, -0.1) is 0 Å². The van der Waals surface area contributed by atoms with Gasteiger partial charge in [0.25, 0.3) is 0 Å². The van der Waals surface area contributed by atoms with E-state index in [2.05, 4.69) is 113 Å². The van der Waals surface area contributed by atoms with Gasteiger partial charge in [-0.1, -0.05) is 118 Å². The minimum absolute atomic E-state index is 0.620. The molecular formula is C29H38Si2. The molecule has 0 spiro atoms. The number of allylic oxidation sites excluding steroid dienone is 5. The maximum absolute atomic E-state index is 2.68. The van der Waals surface area contributed by atoms with Crippen LogP contribution in [0.2, 0.25) is 31.7 Å². The maximum Gasteiger partial charge on any atom is 0.0548 e. The summed E-state index contributed by atoms with van der Waals surface area (Å²) in [4.78, 5) is 0. The molecule has 2 aliphatic carbocycles. The molecule has 31 heavy (non-hydrogen) atoms. The van der Waals surface area contributed by atoms with Crippen LogP contribution in [0, 0.1) is 6.92 Å². The Kier molecular flexibility index (Phi) is 6.15. The van der Waals surface area contributed by atoms with Gasteiger partial charge in [-0.05, 0) is 58.7 Å². The highest BCUT2D eigenvalue weighted by Crippen LogP contribution is 2.48. The molecule has 2 atom stereocenters. The Morgan fingerprint density at radius 3 is 2.29 bits per heavy atom. The molecule has 2 heteroatoms. The number of hydrogen-bond acceptors (Lipinski definition) is 0. The summed E-state index contributed by atoms with van der Waals surface area (Å²) in [5, 5.41) is 0. The van der Waals surface area contributed by atoms with Crippen LogP contribution >= 0.6 is 0 Å². The van der Waals surface area contributed by atoms with Crippen molar-refractivity contribution in [3.63, 3.8) is 0 Å². The topological polar surface area (TPSA) is 0 Å². The Morgan fingerprint density at radius 2 is 1.55 bits per heavy atom. The van der Waals surface area contributed by atoms with Crippen molar-refractivity contribution in [3.8, 4) is 11.1 Å². The Balaban J connectivity index is 1.67. The summed E-state index contributed by atoms with van der Waals surface area (Å²) in [6.45, 7) is 15.2. The van der Waals surface area contributed by atoms with Crippen molar-refractivity contribution in [1.82, 2.24) is 0 Å². The van der Waals surface area contributed by atoms with Gasteiger partial charge in [0.15, 0.2) is 0 Å². The fourth-order valence-corrected chi connectivity index (χ4v) is 16.2. The zero-order valence-corrected chi connectivity index (χ0v) is 22.2. The fourth-order valence-electron chi connectivity index (χ4n) is 5.47. The van der Waals surface area contributed by atoms with E-state index in [4.69, 9.17) is 0 Å². The number of fused-ring (bicyclic) bond motifs is 1. The lowest BCUT2D eigenvalue weighted by molar-refractivity contribution is 0.798. The Morgan fingerprint density at radius 1 is 0.806 bits per heavy atom. The first-order valence-electron chi connectivity index (χ1n) is 12.0. The molecule has 4 rings (SSSR count). The summed E-state index contributed by atoms with van der Waals surface area (Å²) >= 11 is 0. The second kappa shape index (κ2) is 8.56. The van der Waals surface area contributed by atoms with Crippen LogP contribution in [0.3, 0.4) is 0 Å². The molecule has 0 saturated carbocycles. The van der Waals surface area contributed by atoms with Crippen molar-refractivity contribution in [2.24, 2.45) is 0 Å².